The number of nitrogens with zero attached hydrogens (tertiary/aromatic N) is 4. The van der Waals surface area contributed by atoms with Gasteiger partial charge in [-0.05, 0) is 49.5 Å². The Hall–Kier alpha value is -2.02. The molecular formula is C20H24N4OS. The third-order valence-electron chi connectivity index (χ3n) is 4.97. The molecule has 3 aromatic heterocycles. The van der Waals surface area contributed by atoms with Crippen LogP contribution in [-0.4, -0.2) is 45.4 Å². The van der Waals surface area contributed by atoms with Crippen molar-refractivity contribution in [3.8, 4) is 0 Å². The number of aryl methyl sites for hydroxylation is 1. The zero-order chi connectivity index (χ0) is 17.9. The van der Waals surface area contributed by atoms with E-state index in [9.17, 15) is 4.79 Å². The number of rotatable bonds is 4. The van der Waals surface area contributed by atoms with Crippen molar-refractivity contribution in [2.75, 3.05) is 26.2 Å². The molecule has 0 spiro atoms. The summed E-state index contributed by atoms with van der Waals surface area (Å²) < 4.78 is 1.63. The highest BCUT2D eigenvalue weighted by molar-refractivity contribution is 7.09. The van der Waals surface area contributed by atoms with Crippen LogP contribution in [0.1, 0.15) is 22.6 Å². The fourth-order valence-electron chi connectivity index (χ4n) is 3.58. The van der Waals surface area contributed by atoms with Crippen LogP contribution in [0.15, 0.2) is 46.7 Å². The van der Waals surface area contributed by atoms with Crippen LogP contribution in [0.4, 0.5) is 0 Å². The van der Waals surface area contributed by atoms with Gasteiger partial charge in [0, 0.05) is 43.3 Å². The number of fused-ring (bicyclic) bond motifs is 1. The van der Waals surface area contributed by atoms with E-state index < -0.39 is 0 Å². The molecular weight excluding hydrogens is 344 g/mol. The number of thiophene rings is 1. The van der Waals surface area contributed by atoms with Crippen LogP contribution in [-0.2, 0) is 13.1 Å². The number of hydrogen-bond acceptors (Lipinski definition) is 5. The third kappa shape index (κ3) is 3.87. The molecule has 0 saturated carbocycles. The average molecular weight is 369 g/mol. The summed E-state index contributed by atoms with van der Waals surface area (Å²) in [5, 5.41) is 2.14. The topological polar surface area (TPSA) is 40.9 Å². The monoisotopic (exact) mass is 368 g/mol. The molecule has 3 aromatic rings. The summed E-state index contributed by atoms with van der Waals surface area (Å²) in [5.41, 5.74) is 2.67. The largest absolute Gasteiger partial charge is 0.297 e. The van der Waals surface area contributed by atoms with E-state index in [0.717, 1.165) is 62.6 Å². The number of pyridine rings is 1. The molecule has 0 aromatic carbocycles. The van der Waals surface area contributed by atoms with E-state index in [2.05, 4.69) is 27.3 Å². The van der Waals surface area contributed by atoms with Crippen molar-refractivity contribution < 1.29 is 0 Å². The maximum atomic E-state index is 12.4. The summed E-state index contributed by atoms with van der Waals surface area (Å²) in [7, 11) is 0. The highest BCUT2D eigenvalue weighted by Gasteiger charge is 2.16. The quantitative estimate of drug-likeness (QED) is 0.710. The lowest BCUT2D eigenvalue weighted by molar-refractivity contribution is 0.246. The smallest absolute Gasteiger partial charge is 0.258 e. The SMILES string of the molecule is Cc1cccn2c(=O)cc(CN3CCCN(Cc4cccs4)CC3)nc12. The molecule has 0 amide bonds. The van der Waals surface area contributed by atoms with Gasteiger partial charge in [-0.25, -0.2) is 4.98 Å². The van der Waals surface area contributed by atoms with Crippen LogP contribution in [0.3, 0.4) is 0 Å². The highest BCUT2D eigenvalue weighted by atomic mass is 32.1. The molecule has 5 nitrogen and oxygen atoms in total. The van der Waals surface area contributed by atoms with Gasteiger partial charge in [-0.1, -0.05) is 12.1 Å². The Balaban J connectivity index is 1.45. The second kappa shape index (κ2) is 7.70. The fraction of sp³-hybridized carbons (Fsp3) is 0.400. The maximum Gasteiger partial charge on any atom is 0.258 e. The zero-order valence-corrected chi connectivity index (χ0v) is 15.9. The van der Waals surface area contributed by atoms with Gasteiger partial charge in [0.05, 0.1) is 5.69 Å². The molecule has 6 heteroatoms. The van der Waals surface area contributed by atoms with Crippen molar-refractivity contribution in [2.24, 2.45) is 0 Å². The van der Waals surface area contributed by atoms with E-state index >= 15 is 0 Å². The summed E-state index contributed by atoms with van der Waals surface area (Å²) in [6.45, 7) is 8.04. The van der Waals surface area contributed by atoms with Crippen molar-refractivity contribution in [3.63, 3.8) is 0 Å². The summed E-state index contributed by atoms with van der Waals surface area (Å²) in [4.78, 5) is 23.5. The lowest BCUT2D eigenvalue weighted by Crippen LogP contribution is -2.31. The average Bonchev–Trinajstić information content (AvgIpc) is 3.03. The minimum Gasteiger partial charge on any atom is -0.297 e. The van der Waals surface area contributed by atoms with Crippen LogP contribution in [0, 0.1) is 6.92 Å². The normalized spacial score (nSPS) is 16.8. The van der Waals surface area contributed by atoms with Crippen LogP contribution >= 0.6 is 11.3 Å². The Kier molecular flexibility index (Phi) is 5.15. The summed E-state index contributed by atoms with van der Waals surface area (Å²) >= 11 is 1.83. The Labute approximate surface area is 157 Å². The molecule has 4 rings (SSSR count). The Morgan fingerprint density at radius 2 is 1.88 bits per heavy atom. The van der Waals surface area contributed by atoms with Gasteiger partial charge in [-0.3, -0.25) is 19.0 Å². The van der Waals surface area contributed by atoms with Crippen LogP contribution in [0.5, 0.6) is 0 Å². The van der Waals surface area contributed by atoms with Gasteiger partial charge >= 0.3 is 0 Å². The Bertz CT molecular complexity index is 935. The molecule has 1 aliphatic rings. The first kappa shape index (κ1) is 17.4. The highest BCUT2D eigenvalue weighted by Crippen LogP contribution is 2.15. The van der Waals surface area contributed by atoms with Crippen molar-refractivity contribution in [1.29, 1.82) is 0 Å². The van der Waals surface area contributed by atoms with Crippen molar-refractivity contribution in [1.82, 2.24) is 19.2 Å². The summed E-state index contributed by atoms with van der Waals surface area (Å²) in [5.74, 6) is 0. The zero-order valence-electron chi connectivity index (χ0n) is 15.1. The van der Waals surface area contributed by atoms with E-state index in [0.29, 0.717) is 0 Å². The standard InChI is InChI=1S/C20H24N4OS/c1-16-5-2-9-24-19(25)13-17(21-20(16)24)14-22-7-4-8-23(11-10-22)15-18-6-3-12-26-18/h2-3,5-6,9,12-13H,4,7-8,10-11,14-15H2,1H3. The predicted molar refractivity (Wildman–Crippen MR) is 106 cm³/mol. The Morgan fingerprint density at radius 3 is 2.65 bits per heavy atom. The molecule has 0 N–H and O–H groups in total. The number of aromatic nitrogens is 2. The molecule has 1 saturated heterocycles. The molecule has 0 radical (unpaired) electrons. The van der Waals surface area contributed by atoms with E-state index in [1.165, 1.54) is 4.88 Å². The minimum atomic E-state index is 0.00263. The lowest BCUT2D eigenvalue weighted by Gasteiger charge is -2.21. The van der Waals surface area contributed by atoms with Crippen molar-refractivity contribution in [2.45, 2.75) is 26.4 Å². The summed E-state index contributed by atoms with van der Waals surface area (Å²) in [6, 6.07) is 9.90. The molecule has 0 atom stereocenters. The van der Waals surface area contributed by atoms with E-state index in [1.807, 2.05) is 30.4 Å². The first-order valence-corrected chi connectivity index (χ1v) is 10.0. The van der Waals surface area contributed by atoms with Gasteiger partial charge in [-0.15, -0.1) is 11.3 Å². The van der Waals surface area contributed by atoms with E-state index in [-0.39, 0.29) is 5.56 Å². The molecule has 1 aliphatic heterocycles. The Morgan fingerprint density at radius 1 is 1.08 bits per heavy atom. The lowest BCUT2D eigenvalue weighted by atomic mass is 10.2. The van der Waals surface area contributed by atoms with E-state index in [1.54, 1.807) is 16.7 Å². The second-order valence-electron chi connectivity index (χ2n) is 6.96. The first-order chi connectivity index (χ1) is 12.7. The first-order valence-electron chi connectivity index (χ1n) is 9.14. The molecule has 1 fully saturated rings. The van der Waals surface area contributed by atoms with E-state index in [4.69, 9.17) is 4.98 Å². The van der Waals surface area contributed by atoms with Gasteiger partial charge in [0.2, 0.25) is 0 Å². The van der Waals surface area contributed by atoms with Gasteiger partial charge < -0.3 is 0 Å². The molecule has 26 heavy (non-hydrogen) atoms. The number of hydrogen-bond donors (Lipinski definition) is 0. The van der Waals surface area contributed by atoms with Crippen LogP contribution < -0.4 is 5.56 Å². The van der Waals surface area contributed by atoms with Gasteiger partial charge in [0.1, 0.15) is 5.65 Å². The van der Waals surface area contributed by atoms with Gasteiger partial charge in [0.25, 0.3) is 5.56 Å². The van der Waals surface area contributed by atoms with Crippen molar-refractivity contribution >= 4 is 17.0 Å². The third-order valence-corrected chi connectivity index (χ3v) is 5.83. The molecule has 0 unspecified atom stereocenters. The van der Waals surface area contributed by atoms with Crippen molar-refractivity contribution in [3.05, 3.63) is 68.4 Å². The van der Waals surface area contributed by atoms with Gasteiger partial charge in [-0.2, -0.15) is 0 Å². The van der Waals surface area contributed by atoms with Crippen LogP contribution in [0.25, 0.3) is 5.65 Å². The fourth-order valence-corrected chi connectivity index (χ4v) is 4.33. The predicted octanol–water partition coefficient (Wildman–Crippen LogP) is 2.77. The minimum absolute atomic E-state index is 0.00263. The molecule has 136 valence electrons. The maximum absolute atomic E-state index is 12.4. The molecule has 0 aliphatic carbocycles. The van der Waals surface area contributed by atoms with Crippen LogP contribution in [0.2, 0.25) is 0 Å². The second-order valence-corrected chi connectivity index (χ2v) is 7.99. The van der Waals surface area contributed by atoms with Gasteiger partial charge in [0.15, 0.2) is 0 Å². The molecule has 0 bridgehead atoms. The molecule has 4 heterocycles. The summed E-state index contributed by atoms with van der Waals surface area (Å²) in [6.07, 6.45) is 2.94.